The number of aromatic nitrogens is 3. The third kappa shape index (κ3) is 2.60. The zero-order chi connectivity index (χ0) is 25.2. The highest BCUT2D eigenvalue weighted by atomic mass is 35.5. The molecule has 0 radical (unpaired) electrons. The van der Waals surface area contributed by atoms with Gasteiger partial charge in [0, 0.05) is 57.9 Å². The molecule has 9 nitrogen and oxygen atoms in total. The van der Waals surface area contributed by atoms with Gasteiger partial charge in [-0.05, 0) is 43.4 Å². The number of aromatic amines is 2. The van der Waals surface area contributed by atoms with Crippen molar-refractivity contribution in [3.8, 4) is 11.8 Å². The number of rotatable bonds is 4. The minimum absolute atomic E-state index is 0.234. The van der Waals surface area contributed by atoms with E-state index >= 15 is 0 Å². The van der Waals surface area contributed by atoms with Crippen molar-refractivity contribution in [2.24, 2.45) is 5.41 Å². The monoisotopic (exact) mass is 500 g/mol. The van der Waals surface area contributed by atoms with Gasteiger partial charge in [0.05, 0.1) is 19.1 Å². The summed E-state index contributed by atoms with van der Waals surface area (Å²) in [6, 6.07) is 12.7. The number of hydrogen-bond donors (Lipinski definition) is 3. The van der Waals surface area contributed by atoms with Crippen LogP contribution < -0.4 is 10.1 Å². The van der Waals surface area contributed by atoms with Gasteiger partial charge in [-0.3, -0.25) is 14.5 Å². The van der Waals surface area contributed by atoms with Crippen molar-refractivity contribution in [3.63, 3.8) is 0 Å². The average Bonchev–Trinajstić information content (AvgIpc) is 3.65. The number of halogens is 1. The topological polar surface area (TPSA) is 127 Å². The zero-order valence-corrected chi connectivity index (χ0v) is 20.2. The van der Waals surface area contributed by atoms with E-state index in [0.717, 1.165) is 0 Å². The predicted molar refractivity (Wildman–Crippen MR) is 133 cm³/mol. The van der Waals surface area contributed by atoms with Gasteiger partial charge in [-0.1, -0.05) is 11.6 Å². The summed E-state index contributed by atoms with van der Waals surface area (Å²) in [5.74, 6) is -0.656. The molecule has 2 aliphatic rings. The number of ether oxygens (including phenoxy) is 1. The highest BCUT2D eigenvalue weighted by molar-refractivity contribution is 6.31. The van der Waals surface area contributed by atoms with E-state index in [9.17, 15) is 14.9 Å². The lowest BCUT2D eigenvalue weighted by Crippen LogP contribution is -2.58. The number of nitrogens with zero attached hydrogens (tertiary/aromatic N) is 3. The maximum Gasteiger partial charge on any atom is 0.251 e. The lowest BCUT2D eigenvalue weighted by molar-refractivity contribution is -0.128. The highest BCUT2D eigenvalue weighted by Crippen LogP contribution is 2.63. The normalized spacial score (nSPS) is 25.2. The first-order valence-corrected chi connectivity index (χ1v) is 11.7. The summed E-state index contributed by atoms with van der Waals surface area (Å²) in [5.41, 5.74) is -1.51. The van der Waals surface area contributed by atoms with Gasteiger partial charge in [0.2, 0.25) is 0 Å². The fraction of sp³-hybridized carbons (Fsp3) is 0.231. The van der Waals surface area contributed by atoms with E-state index in [2.05, 4.69) is 26.3 Å². The second-order valence-electron chi connectivity index (χ2n) is 9.12. The van der Waals surface area contributed by atoms with Gasteiger partial charge in [0.15, 0.2) is 16.7 Å². The van der Waals surface area contributed by atoms with Crippen LogP contribution in [0, 0.1) is 16.7 Å². The molecule has 0 saturated carbocycles. The molecule has 2 aromatic carbocycles. The molecule has 0 bridgehead atoms. The maximum atomic E-state index is 14.8. The Morgan fingerprint density at radius 3 is 2.83 bits per heavy atom. The molecule has 2 aromatic heterocycles. The predicted octanol–water partition coefficient (Wildman–Crippen LogP) is 3.82. The van der Waals surface area contributed by atoms with Crippen LogP contribution in [0.5, 0.6) is 5.75 Å². The molecule has 4 heterocycles. The smallest absolute Gasteiger partial charge is 0.251 e. The Labute approximate surface area is 211 Å². The van der Waals surface area contributed by atoms with Crippen LogP contribution in [0.1, 0.15) is 27.7 Å². The van der Waals surface area contributed by atoms with E-state index in [1.54, 1.807) is 68.0 Å². The molecule has 1 fully saturated rings. The molecule has 1 spiro atoms. The molecule has 1 amide bonds. The van der Waals surface area contributed by atoms with Crippen LogP contribution in [0.15, 0.2) is 55.0 Å². The Balaban J connectivity index is 1.68. The zero-order valence-electron chi connectivity index (χ0n) is 19.4. The molecule has 4 aromatic rings. The molecule has 2 aliphatic heterocycles. The van der Waals surface area contributed by atoms with Crippen molar-refractivity contribution in [2.45, 2.75) is 11.5 Å². The molecular formula is C26H21ClN6O3. The number of methoxy groups -OCH3 is 1. The Morgan fingerprint density at radius 2 is 2.11 bits per heavy atom. The summed E-state index contributed by atoms with van der Waals surface area (Å²) in [4.78, 5) is 41.1. The second-order valence-corrected chi connectivity index (χ2v) is 9.56. The molecule has 1 saturated heterocycles. The largest absolute Gasteiger partial charge is 0.497 e. The summed E-state index contributed by atoms with van der Waals surface area (Å²) in [6.07, 6.45) is 4.80. The molecule has 10 heteroatoms. The van der Waals surface area contributed by atoms with Gasteiger partial charge in [-0.15, -0.1) is 0 Å². The van der Waals surface area contributed by atoms with Gasteiger partial charge in [0.25, 0.3) is 5.91 Å². The maximum absolute atomic E-state index is 14.8. The molecule has 180 valence electrons. The van der Waals surface area contributed by atoms with Crippen molar-refractivity contribution in [1.82, 2.24) is 19.9 Å². The molecule has 0 aliphatic carbocycles. The molecule has 6 rings (SSSR count). The van der Waals surface area contributed by atoms with Gasteiger partial charge in [-0.2, -0.15) is 5.26 Å². The fourth-order valence-corrected chi connectivity index (χ4v) is 6.22. The summed E-state index contributed by atoms with van der Waals surface area (Å²) in [5, 5.41) is 14.9. The van der Waals surface area contributed by atoms with Crippen LogP contribution in [0.25, 0.3) is 10.9 Å². The Hall–Kier alpha value is -4.13. The summed E-state index contributed by atoms with van der Waals surface area (Å²) < 4.78 is 5.38. The number of anilines is 1. The number of amides is 1. The van der Waals surface area contributed by atoms with Gasteiger partial charge >= 0.3 is 0 Å². The van der Waals surface area contributed by atoms with Crippen LogP contribution in [-0.4, -0.2) is 52.2 Å². The van der Waals surface area contributed by atoms with Gasteiger partial charge in [0.1, 0.15) is 11.6 Å². The third-order valence-corrected chi connectivity index (χ3v) is 7.82. The number of ketones is 1. The van der Waals surface area contributed by atoms with Crippen LogP contribution in [0.4, 0.5) is 5.69 Å². The van der Waals surface area contributed by atoms with Crippen LogP contribution in [0.2, 0.25) is 5.02 Å². The van der Waals surface area contributed by atoms with E-state index in [1.807, 2.05) is 6.07 Å². The number of carbonyl (C=O) groups is 2. The molecule has 3 N–H and O–H groups in total. The Morgan fingerprint density at radius 1 is 1.28 bits per heavy atom. The van der Waals surface area contributed by atoms with Crippen molar-refractivity contribution < 1.29 is 14.3 Å². The van der Waals surface area contributed by atoms with E-state index in [4.69, 9.17) is 16.3 Å². The van der Waals surface area contributed by atoms with Crippen LogP contribution in [0.3, 0.4) is 0 Å². The van der Waals surface area contributed by atoms with Crippen molar-refractivity contribution in [2.75, 3.05) is 26.0 Å². The van der Waals surface area contributed by atoms with Gasteiger partial charge < -0.3 is 20.0 Å². The minimum atomic E-state index is -1.88. The van der Waals surface area contributed by atoms with Crippen molar-refractivity contribution in [1.29, 1.82) is 5.26 Å². The van der Waals surface area contributed by atoms with Gasteiger partial charge in [-0.25, -0.2) is 4.98 Å². The lowest BCUT2D eigenvalue weighted by atomic mass is 9.59. The number of Topliss-reactive ketones (excluding diaryl/α,β-unsaturated/α-hetero) is 1. The SMILES string of the molecule is COc1ccc2[nH]cc(C(=O)[C@]3(C#N)[C@@H](c4ncc[nH]4)CN(C)[C@]34C(=O)Nc3ccc(Cl)cc34)c2c1. The van der Waals surface area contributed by atoms with Crippen molar-refractivity contribution in [3.05, 3.63) is 77.0 Å². The highest BCUT2D eigenvalue weighted by Gasteiger charge is 2.75. The number of benzene rings is 2. The Kier molecular flexibility index (Phi) is 4.77. The average molecular weight is 501 g/mol. The number of nitriles is 1. The fourth-order valence-electron chi connectivity index (χ4n) is 6.05. The number of carbonyl (C=O) groups excluding carboxylic acids is 2. The standard InChI is InChI=1S/C26H21ClN6O3/c1-33-12-19(23-29-7-8-30-23)25(13-28,26(33)18-9-14(27)3-5-21(18)32-24(26)35)22(34)17-11-31-20-6-4-15(36-2)10-16(17)20/h3-11,19,31H,12H2,1-2H3,(H,29,30)(H,32,35)/t19-,25+,26-/m1/s1. The first-order chi connectivity index (χ1) is 17.4. The lowest BCUT2D eigenvalue weighted by Gasteiger charge is -2.40. The quantitative estimate of drug-likeness (QED) is 0.365. The van der Waals surface area contributed by atoms with E-state index in [-0.39, 0.29) is 6.54 Å². The number of nitrogens with one attached hydrogen (secondary N) is 3. The first-order valence-electron chi connectivity index (χ1n) is 11.3. The summed E-state index contributed by atoms with van der Waals surface area (Å²) >= 11 is 6.38. The van der Waals surface area contributed by atoms with E-state index in [0.29, 0.717) is 44.3 Å². The van der Waals surface area contributed by atoms with Crippen LogP contribution in [-0.2, 0) is 10.3 Å². The van der Waals surface area contributed by atoms with E-state index in [1.165, 1.54) is 0 Å². The number of likely N-dealkylation sites (tertiary alicyclic amines) is 1. The number of hydrogen-bond acceptors (Lipinski definition) is 6. The third-order valence-electron chi connectivity index (χ3n) is 7.59. The summed E-state index contributed by atoms with van der Waals surface area (Å²) in [6.45, 7) is 0.234. The van der Waals surface area contributed by atoms with E-state index < -0.39 is 28.6 Å². The second kappa shape index (κ2) is 7.68. The minimum Gasteiger partial charge on any atom is -0.497 e. The molecule has 0 unspecified atom stereocenters. The number of likely N-dealkylation sites (N-methyl/N-ethyl adjacent to an activating group) is 1. The first kappa shape index (κ1) is 22.3. The Bertz CT molecular complexity index is 1590. The number of imidazole rings is 1. The number of H-pyrrole nitrogens is 2. The molecule has 3 atom stereocenters. The molecule has 36 heavy (non-hydrogen) atoms. The summed E-state index contributed by atoms with van der Waals surface area (Å²) in [7, 11) is 3.29. The van der Waals surface area contributed by atoms with Crippen LogP contribution >= 0.6 is 11.6 Å². The number of fused-ring (bicyclic) bond motifs is 3. The van der Waals surface area contributed by atoms with Crippen molar-refractivity contribution >= 4 is 39.9 Å². The molecular weight excluding hydrogens is 480 g/mol.